The minimum absolute atomic E-state index is 0.0284. The number of rotatable bonds is 5. The maximum Gasteiger partial charge on any atom is 0.274 e. The van der Waals surface area contributed by atoms with Gasteiger partial charge in [0.1, 0.15) is 0 Å². The summed E-state index contributed by atoms with van der Waals surface area (Å²) >= 11 is 0. The Hall–Kier alpha value is -2.27. The fourth-order valence-electron chi connectivity index (χ4n) is 4.61. The van der Waals surface area contributed by atoms with Gasteiger partial charge in [0.25, 0.3) is 5.91 Å². The number of aromatic nitrogens is 4. The molecule has 3 atom stereocenters. The van der Waals surface area contributed by atoms with Gasteiger partial charge in [-0.1, -0.05) is 5.16 Å². The number of aryl methyl sites for hydroxylation is 3. The average molecular weight is 423 g/mol. The number of fused-ring (bicyclic) bond motifs is 1. The monoisotopic (exact) mass is 422 g/mol. The van der Waals surface area contributed by atoms with Crippen LogP contribution < -0.4 is 4.72 Å². The zero-order chi connectivity index (χ0) is 21.0. The van der Waals surface area contributed by atoms with E-state index < -0.39 is 15.4 Å². The standard InChI is InChI=1S/C18H26N6O4S/c1-5-29(26,27)22-14-7-13-9-24(16(25)15-6-11(2)23(4)20-15)10-18(13,8-14)17-19-12(3)21-28-17/h6,13-14,22H,5,7-10H2,1-4H3/t13-,14+,18-/m0/s1. The summed E-state index contributed by atoms with van der Waals surface area (Å²) in [7, 11) is -1.52. The Bertz CT molecular complexity index is 1030. The predicted molar refractivity (Wildman–Crippen MR) is 104 cm³/mol. The smallest absolute Gasteiger partial charge is 0.274 e. The Labute approximate surface area is 169 Å². The molecule has 2 aliphatic rings. The molecular formula is C18H26N6O4S. The molecule has 3 heterocycles. The van der Waals surface area contributed by atoms with Crippen molar-refractivity contribution in [3.05, 3.63) is 29.2 Å². The lowest BCUT2D eigenvalue weighted by Gasteiger charge is -2.25. The van der Waals surface area contributed by atoms with Crippen LogP contribution >= 0.6 is 0 Å². The normalized spacial score (nSPS) is 26.8. The number of hydrogen-bond acceptors (Lipinski definition) is 7. The van der Waals surface area contributed by atoms with Crippen LogP contribution in [0.3, 0.4) is 0 Å². The van der Waals surface area contributed by atoms with E-state index in [1.165, 1.54) is 0 Å². The predicted octanol–water partition coefficient (Wildman–Crippen LogP) is 0.532. The Morgan fingerprint density at radius 1 is 1.41 bits per heavy atom. The van der Waals surface area contributed by atoms with Crippen molar-refractivity contribution in [3.8, 4) is 0 Å². The first-order valence-electron chi connectivity index (χ1n) is 9.74. The Kier molecular flexibility index (Phi) is 4.77. The van der Waals surface area contributed by atoms with Crippen molar-refractivity contribution in [3.63, 3.8) is 0 Å². The van der Waals surface area contributed by atoms with Crippen LogP contribution in [0.4, 0.5) is 0 Å². The second-order valence-electron chi connectivity index (χ2n) is 8.14. The molecule has 29 heavy (non-hydrogen) atoms. The first-order chi connectivity index (χ1) is 13.6. The van der Waals surface area contributed by atoms with Gasteiger partial charge in [-0.3, -0.25) is 9.48 Å². The first kappa shape index (κ1) is 20.0. The Balaban J connectivity index is 1.62. The van der Waals surface area contributed by atoms with Crippen LogP contribution in [0, 0.1) is 19.8 Å². The maximum atomic E-state index is 13.1. The van der Waals surface area contributed by atoms with Crippen LogP contribution in [0.5, 0.6) is 0 Å². The van der Waals surface area contributed by atoms with E-state index in [1.807, 2.05) is 6.92 Å². The minimum Gasteiger partial charge on any atom is -0.339 e. The molecule has 0 spiro atoms. The number of likely N-dealkylation sites (tertiary alicyclic amines) is 1. The van der Waals surface area contributed by atoms with E-state index in [2.05, 4.69) is 20.0 Å². The summed E-state index contributed by atoms with van der Waals surface area (Å²) in [4.78, 5) is 19.3. The maximum absolute atomic E-state index is 13.1. The van der Waals surface area contributed by atoms with Crippen LogP contribution in [0.2, 0.25) is 0 Å². The fraction of sp³-hybridized carbons (Fsp3) is 0.667. The molecule has 11 heteroatoms. The quantitative estimate of drug-likeness (QED) is 0.745. The van der Waals surface area contributed by atoms with Crippen LogP contribution in [-0.4, -0.2) is 64.0 Å². The average Bonchev–Trinajstić information content (AvgIpc) is 3.38. The summed E-state index contributed by atoms with van der Waals surface area (Å²) in [5.41, 5.74) is 0.760. The van der Waals surface area contributed by atoms with Gasteiger partial charge in [0, 0.05) is 31.9 Å². The summed E-state index contributed by atoms with van der Waals surface area (Å²) in [5, 5.41) is 8.24. The molecule has 0 aromatic carbocycles. The van der Waals surface area contributed by atoms with Crippen molar-refractivity contribution < 1.29 is 17.7 Å². The molecule has 0 radical (unpaired) electrons. The van der Waals surface area contributed by atoms with E-state index in [-0.39, 0.29) is 23.6 Å². The number of carbonyl (C=O) groups excluding carboxylic acids is 1. The third-order valence-electron chi connectivity index (χ3n) is 6.17. The molecule has 2 aromatic heterocycles. The highest BCUT2D eigenvalue weighted by atomic mass is 32.2. The highest BCUT2D eigenvalue weighted by molar-refractivity contribution is 7.89. The Morgan fingerprint density at radius 3 is 2.76 bits per heavy atom. The molecule has 1 aliphatic heterocycles. The van der Waals surface area contributed by atoms with Gasteiger partial charge in [-0.25, -0.2) is 13.1 Å². The number of carbonyl (C=O) groups is 1. The molecule has 4 rings (SSSR count). The molecule has 158 valence electrons. The summed E-state index contributed by atoms with van der Waals surface area (Å²) in [5.74, 6) is 0.927. The van der Waals surface area contributed by atoms with E-state index in [4.69, 9.17) is 4.52 Å². The highest BCUT2D eigenvalue weighted by Gasteiger charge is 2.58. The molecule has 1 saturated carbocycles. The zero-order valence-corrected chi connectivity index (χ0v) is 17.9. The molecule has 2 fully saturated rings. The number of nitrogens with one attached hydrogen (secondary N) is 1. The number of hydrogen-bond donors (Lipinski definition) is 1. The summed E-state index contributed by atoms with van der Waals surface area (Å²) in [6.45, 7) is 6.16. The van der Waals surface area contributed by atoms with Gasteiger partial charge >= 0.3 is 0 Å². The minimum atomic E-state index is -3.32. The lowest BCUT2D eigenvalue weighted by molar-refractivity contribution is 0.0766. The van der Waals surface area contributed by atoms with Crippen LogP contribution in [0.1, 0.15) is 47.7 Å². The van der Waals surface area contributed by atoms with Gasteiger partial charge in [-0.15, -0.1) is 0 Å². The van der Waals surface area contributed by atoms with Crippen molar-refractivity contribution in [1.82, 2.24) is 29.5 Å². The zero-order valence-electron chi connectivity index (χ0n) is 17.0. The molecule has 1 N–H and O–H groups in total. The van der Waals surface area contributed by atoms with Crippen molar-refractivity contribution >= 4 is 15.9 Å². The third-order valence-corrected chi connectivity index (χ3v) is 7.63. The van der Waals surface area contributed by atoms with Gasteiger partial charge < -0.3 is 9.42 Å². The summed E-state index contributed by atoms with van der Waals surface area (Å²) < 4.78 is 34.1. The lowest BCUT2D eigenvalue weighted by atomic mass is 9.80. The van der Waals surface area contributed by atoms with Gasteiger partial charge in [0.15, 0.2) is 11.5 Å². The van der Waals surface area contributed by atoms with Crippen molar-refractivity contribution in [2.24, 2.45) is 13.0 Å². The number of sulfonamides is 1. The molecule has 1 aliphatic carbocycles. The molecular weight excluding hydrogens is 396 g/mol. The Morgan fingerprint density at radius 2 is 2.17 bits per heavy atom. The van der Waals surface area contributed by atoms with Gasteiger partial charge in [-0.2, -0.15) is 10.1 Å². The van der Waals surface area contributed by atoms with E-state index in [1.54, 1.807) is 36.5 Å². The van der Waals surface area contributed by atoms with E-state index in [0.717, 1.165) is 5.69 Å². The van der Waals surface area contributed by atoms with Gasteiger partial charge in [0.05, 0.1) is 11.2 Å². The SMILES string of the molecule is CCS(=O)(=O)N[C@@H]1C[C@H]2CN(C(=O)c3cc(C)n(C)n3)C[C@@]2(c2nc(C)no2)C1. The second-order valence-corrected chi connectivity index (χ2v) is 10.2. The van der Waals surface area contributed by atoms with Gasteiger partial charge in [0.2, 0.25) is 15.9 Å². The molecule has 1 saturated heterocycles. The highest BCUT2D eigenvalue weighted by Crippen LogP contribution is 2.50. The van der Waals surface area contributed by atoms with E-state index >= 15 is 0 Å². The fourth-order valence-corrected chi connectivity index (χ4v) is 5.46. The molecule has 0 bridgehead atoms. The van der Waals surface area contributed by atoms with E-state index in [9.17, 15) is 13.2 Å². The summed E-state index contributed by atoms with van der Waals surface area (Å²) in [6, 6.07) is 1.56. The topological polar surface area (TPSA) is 123 Å². The van der Waals surface area contributed by atoms with Crippen LogP contribution in [-0.2, 0) is 22.5 Å². The van der Waals surface area contributed by atoms with Crippen molar-refractivity contribution in [2.75, 3.05) is 18.8 Å². The molecule has 0 unspecified atom stereocenters. The molecule has 1 amide bonds. The largest absolute Gasteiger partial charge is 0.339 e. The van der Waals surface area contributed by atoms with Crippen LogP contribution in [0.25, 0.3) is 0 Å². The first-order valence-corrected chi connectivity index (χ1v) is 11.4. The van der Waals surface area contributed by atoms with E-state index in [0.29, 0.717) is 43.3 Å². The third kappa shape index (κ3) is 3.46. The second kappa shape index (κ2) is 6.91. The van der Waals surface area contributed by atoms with Crippen molar-refractivity contribution in [1.29, 1.82) is 0 Å². The molecule has 10 nitrogen and oxygen atoms in total. The lowest BCUT2D eigenvalue weighted by Crippen LogP contribution is -2.40. The van der Waals surface area contributed by atoms with Crippen molar-refractivity contribution in [2.45, 2.75) is 45.1 Å². The number of nitrogens with zero attached hydrogens (tertiary/aromatic N) is 5. The molecule has 2 aromatic rings. The summed E-state index contributed by atoms with van der Waals surface area (Å²) in [6.07, 6.45) is 1.13. The van der Waals surface area contributed by atoms with Crippen LogP contribution in [0.15, 0.2) is 10.6 Å². The number of amides is 1. The van der Waals surface area contributed by atoms with Gasteiger partial charge in [-0.05, 0) is 45.6 Å².